The second kappa shape index (κ2) is 9.67. The number of hydrogen-bond donors (Lipinski definition) is 2. The van der Waals surface area contributed by atoms with E-state index < -0.39 is 5.24 Å². The molecular formula is C23H18ClN5O2S. The zero-order valence-electron chi connectivity index (χ0n) is 16.9. The van der Waals surface area contributed by atoms with Crippen molar-refractivity contribution in [1.29, 1.82) is 0 Å². The van der Waals surface area contributed by atoms with E-state index in [-0.39, 0.29) is 11.4 Å². The summed E-state index contributed by atoms with van der Waals surface area (Å²) in [7, 11) is 0. The lowest BCUT2D eigenvalue weighted by molar-refractivity contribution is 0.261. The van der Waals surface area contributed by atoms with Crippen LogP contribution in [0.3, 0.4) is 0 Å². The van der Waals surface area contributed by atoms with Gasteiger partial charge in [-0.25, -0.2) is 10.4 Å². The minimum absolute atomic E-state index is 0.249. The fourth-order valence-electron chi connectivity index (χ4n) is 2.97. The number of amides is 1. The van der Waals surface area contributed by atoms with Crippen molar-refractivity contribution in [3.8, 4) is 5.69 Å². The number of fused-ring (bicyclic) bond motifs is 1. The Hall–Kier alpha value is -3.62. The van der Waals surface area contributed by atoms with Crippen molar-refractivity contribution in [2.24, 2.45) is 5.10 Å². The molecule has 0 saturated carbocycles. The van der Waals surface area contributed by atoms with Crippen molar-refractivity contribution in [3.63, 3.8) is 0 Å². The number of para-hydroxylation sites is 1. The molecule has 0 aliphatic carbocycles. The molecule has 2 N–H and O–H groups in total. The first-order chi connectivity index (χ1) is 15.5. The number of nitrogens with one attached hydrogen (secondary N) is 2. The van der Waals surface area contributed by atoms with Gasteiger partial charge in [0, 0.05) is 22.7 Å². The van der Waals surface area contributed by atoms with Gasteiger partial charge in [-0.3, -0.25) is 14.2 Å². The van der Waals surface area contributed by atoms with Crippen LogP contribution >= 0.6 is 23.5 Å². The van der Waals surface area contributed by atoms with Crippen LogP contribution in [0.2, 0.25) is 5.02 Å². The predicted molar refractivity (Wildman–Crippen MR) is 131 cm³/mol. The maximum atomic E-state index is 13.1. The van der Waals surface area contributed by atoms with Crippen LogP contribution in [0.25, 0.3) is 16.6 Å². The van der Waals surface area contributed by atoms with E-state index in [1.54, 1.807) is 48.5 Å². The van der Waals surface area contributed by atoms with Gasteiger partial charge in [0.05, 0.1) is 22.8 Å². The number of carbonyl (C=O) groups excluding carboxylic acids is 1. The van der Waals surface area contributed by atoms with Gasteiger partial charge in [0.2, 0.25) is 0 Å². The molecule has 0 bridgehead atoms. The third-order valence-corrected chi connectivity index (χ3v) is 5.40. The van der Waals surface area contributed by atoms with Crippen LogP contribution < -0.4 is 15.7 Å². The lowest BCUT2D eigenvalue weighted by Gasteiger charge is -2.11. The van der Waals surface area contributed by atoms with Crippen molar-refractivity contribution in [3.05, 3.63) is 99.6 Å². The summed E-state index contributed by atoms with van der Waals surface area (Å²) in [5.74, 6) is 0.271. The van der Waals surface area contributed by atoms with Gasteiger partial charge < -0.3 is 4.72 Å². The van der Waals surface area contributed by atoms with E-state index in [0.717, 1.165) is 23.2 Å². The molecule has 4 rings (SSSR count). The fraction of sp³-hybridized carbons (Fsp3) is 0.0435. The zero-order valence-corrected chi connectivity index (χ0v) is 18.5. The monoisotopic (exact) mass is 463 g/mol. The Morgan fingerprint density at radius 1 is 1.06 bits per heavy atom. The van der Waals surface area contributed by atoms with Crippen molar-refractivity contribution in [2.75, 3.05) is 4.72 Å². The summed E-state index contributed by atoms with van der Waals surface area (Å²) in [6.07, 6.45) is 1.34. The zero-order chi connectivity index (χ0) is 22.5. The molecule has 0 atom stereocenters. The Bertz CT molecular complexity index is 1350. The molecule has 0 unspecified atom stereocenters. The highest BCUT2D eigenvalue weighted by Crippen LogP contribution is 2.16. The van der Waals surface area contributed by atoms with Gasteiger partial charge in [-0.1, -0.05) is 41.4 Å². The molecule has 0 aliphatic rings. The highest BCUT2D eigenvalue weighted by molar-refractivity contribution is 8.14. The lowest BCUT2D eigenvalue weighted by Crippen LogP contribution is -2.24. The van der Waals surface area contributed by atoms with E-state index in [4.69, 9.17) is 11.6 Å². The molecule has 160 valence electrons. The second-order valence-corrected chi connectivity index (χ2v) is 8.05. The van der Waals surface area contributed by atoms with E-state index >= 15 is 0 Å². The molecule has 7 nitrogen and oxygen atoms in total. The number of rotatable bonds is 5. The summed E-state index contributed by atoms with van der Waals surface area (Å²) in [6.45, 7) is 1.99. The molecule has 0 spiro atoms. The van der Waals surface area contributed by atoms with Crippen LogP contribution in [0.15, 0.2) is 82.7 Å². The van der Waals surface area contributed by atoms with Crippen molar-refractivity contribution in [2.45, 2.75) is 6.92 Å². The van der Waals surface area contributed by atoms with Gasteiger partial charge in [-0.15, -0.1) is 0 Å². The lowest BCUT2D eigenvalue weighted by atomic mass is 10.2. The molecule has 1 aromatic heterocycles. The van der Waals surface area contributed by atoms with Gasteiger partial charge in [0.25, 0.3) is 5.56 Å². The molecule has 0 radical (unpaired) electrons. The number of halogens is 1. The highest BCUT2D eigenvalue weighted by Gasteiger charge is 2.11. The second-order valence-electron chi connectivity index (χ2n) is 6.83. The Labute approximate surface area is 193 Å². The summed E-state index contributed by atoms with van der Waals surface area (Å²) in [5, 5.41) is 4.60. The number of aromatic nitrogens is 2. The Balaban J connectivity index is 1.57. The van der Waals surface area contributed by atoms with Crippen LogP contribution in [0.1, 0.15) is 11.4 Å². The average molecular weight is 464 g/mol. The summed E-state index contributed by atoms with van der Waals surface area (Å²) in [4.78, 5) is 29.8. The van der Waals surface area contributed by atoms with Crippen LogP contribution in [0.4, 0.5) is 10.5 Å². The van der Waals surface area contributed by atoms with Gasteiger partial charge in [0.1, 0.15) is 0 Å². The standard InChI is InChI=1S/C23H18ClN5O2S/c1-15-6-10-17(11-7-15)28-32-23(31)27-25-14-21-26-20-5-3-2-4-19(20)22(30)29(21)18-12-8-16(24)9-13-18/h2-14,28H,1H3,(H,27,31)/b25-14+. The number of hydrazone groups is 1. The number of benzene rings is 3. The smallest absolute Gasteiger partial charge is 0.319 e. The largest absolute Gasteiger partial charge is 0.322 e. The maximum absolute atomic E-state index is 13.1. The maximum Gasteiger partial charge on any atom is 0.319 e. The Morgan fingerprint density at radius 2 is 1.78 bits per heavy atom. The van der Waals surface area contributed by atoms with Gasteiger partial charge in [-0.2, -0.15) is 5.10 Å². The van der Waals surface area contributed by atoms with Crippen molar-refractivity contribution in [1.82, 2.24) is 15.0 Å². The predicted octanol–water partition coefficient (Wildman–Crippen LogP) is 5.15. The number of nitrogens with zero attached hydrogens (tertiary/aromatic N) is 3. The molecular weight excluding hydrogens is 446 g/mol. The summed E-state index contributed by atoms with van der Waals surface area (Å²) >= 11 is 6.85. The van der Waals surface area contributed by atoms with E-state index in [2.05, 4.69) is 20.2 Å². The third kappa shape index (κ3) is 4.99. The summed E-state index contributed by atoms with van der Waals surface area (Å²) in [5.41, 5.74) is 5.22. The first-order valence-electron chi connectivity index (χ1n) is 9.61. The normalized spacial score (nSPS) is 11.1. The summed E-state index contributed by atoms with van der Waals surface area (Å²) in [6, 6.07) is 21.5. The number of anilines is 1. The van der Waals surface area contributed by atoms with E-state index in [1.807, 2.05) is 31.2 Å². The Kier molecular flexibility index (Phi) is 6.53. The molecule has 32 heavy (non-hydrogen) atoms. The van der Waals surface area contributed by atoms with Gasteiger partial charge >= 0.3 is 5.24 Å². The van der Waals surface area contributed by atoms with Crippen molar-refractivity contribution < 1.29 is 4.79 Å². The van der Waals surface area contributed by atoms with Crippen LogP contribution in [-0.4, -0.2) is 21.0 Å². The van der Waals surface area contributed by atoms with Crippen LogP contribution in [-0.2, 0) is 0 Å². The molecule has 4 aromatic rings. The molecule has 1 amide bonds. The molecule has 0 saturated heterocycles. The number of carbonyl (C=O) groups is 1. The Morgan fingerprint density at radius 3 is 2.53 bits per heavy atom. The van der Waals surface area contributed by atoms with E-state index in [0.29, 0.717) is 21.6 Å². The highest BCUT2D eigenvalue weighted by atomic mass is 35.5. The minimum Gasteiger partial charge on any atom is -0.322 e. The quantitative estimate of drug-likeness (QED) is 0.243. The van der Waals surface area contributed by atoms with E-state index in [9.17, 15) is 9.59 Å². The topological polar surface area (TPSA) is 88.4 Å². The van der Waals surface area contributed by atoms with E-state index in [1.165, 1.54) is 10.8 Å². The van der Waals surface area contributed by atoms with Gasteiger partial charge in [0.15, 0.2) is 5.82 Å². The van der Waals surface area contributed by atoms with Gasteiger partial charge in [-0.05, 0) is 55.5 Å². The minimum atomic E-state index is -0.414. The first kappa shape index (κ1) is 21.6. The first-order valence-corrected chi connectivity index (χ1v) is 10.8. The molecule has 3 aromatic carbocycles. The molecule has 0 fully saturated rings. The molecule has 9 heteroatoms. The molecule has 0 aliphatic heterocycles. The summed E-state index contributed by atoms with van der Waals surface area (Å²) < 4.78 is 4.37. The van der Waals surface area contributed by atoms with Crippen molar-refractivity contribution >= 4 is 51.6 Å². The van der Waals surface area contributed by atoms with Crippen LogP contribution in [0.5, 0.6) is 0 Å². The number of hydrogen-bond acceptors (Lipinski definition) is 6. The SMILES string of the molecule is Cc1ccc(NSC(=O)N/N=C/c2nc3ccccc3c(=O)n2-c2ccc(Cl)cc2)cc1. The average Bonchev–Trinajstić information content (AvgIpc) is 2.80. The third-order valence-electron chi connectivity index (χ3n) is 4.54. The fourth-order valence-corrected chi connectivity index (χ4v) is 3.54. The molecule has 1 heterocycles. The van der Waals surface area contributed by atoms with Crippen LogP contribution in [0, 0.1) is 6.92 Å². The number of aryl methyl sites for hydroxylation is 1.